The van der Waals surface area contributed by atoms with Gasteiger partial charge in [0, 0.05) is 12.8 Å². The van der Waals surface area contributed by atoms with E-state index in [4.69, 9.17) is 4.42 Å². The fourth-order valence-electron chi connectivity index (χ4n) is 1.46. The van der Waals surface area contributed by atoms with Crippen LogP contribution < -0.4 is 5.32 Å². The Kier molecular flexibility index (Phi) is 5.12. The Morgan fingerprint density at radius 1 is 1.24 bits per heavy atom. The van der Waals surface area contributed by atoms with E-state index in [0.717, 1.165) is 37.6 Å². The molecule has 0 spiro atoms. The second kappa shape index (κ2) is 6.15. The molecule has 17 heavy (non-hydrogen) atoms. The normalized spacial score (nSPS) is 13.9. The van der Waals surface area contributed by atoms with Crippen LogP contribution in [-0.4, -0.2) is 23.8 Å². The van der Waals surface area contributed by atoms with Crippen molar-refractivity contribution in [2.75, 3.05) is 13.6 Å². The fourth-order valence-corrected chi connectivity index (χ4v) is 1.46. The lowest BCUT2D eigenvalue weighted by molar-refractivity contribution is 0.243. The zero-order valence-corrected chi connectivity index (χ0v) is 11.7. The zero-order chi connectivity index (χ0) is 12.9. The summed E-state index contributed by atoms with van der Waals surface area (Å²) in [6, 6.07) is 0. The standard InChI is InChI=1S/C13H25N3O/c1-10(13(2,3)4)9-12-16-15-11(17-12)7-6-8-14-5/h10,14H,6-9H2,1-5H3. The largest absolute Gasteiger partial charge is 0.425 e. The molecule has 0 aliphatic rings. The predicted molar refractivity (Wildman–Crippen MR) is 68.9 cm³/mol. The molecule has 0 aromatic carbocycles. The molecule has 0 saturated heterocycles. The Morgan fingerprint density at radius 2 is 1.88 bits per heavy atom. The lowest BCUT2D eigenvalue weighted by Crippen LogP contribution is -2.19. The van der Waals surface area contributed by atoms with E-state index in [1.165, 1.54) is 0 Å². The van der Waals surface area contributed by atoms with Crippen molar-refractivity contribution in [3.05, 3.63) is 11.8 Å². The zero-order valence-electron chi connectivity index (χ0n) is 11.7. The topological polar surface area (TPSA) is 51.0 Å². The second-order valence-corrected chi connectivity index (χ2v) is 5.77. The SMILES string of the molecule is CNCCCc1nnc(CC(C)C(C)(C)C)o1. The van der Waals surface area contributed by atoms with Gasteiger partial charge in [-0.15, -0.1) is 10.2 Å². The van der Waals surface area contributed by atoms with Gasteiger partial charge in [-0.1, -0.05) is 27.7 Å². The molecule has 0 aliphatic heterocycles. The molecule has 98 valence electrons. The number of nitrogens with zero attached hydrogens (tertiary/aromatic N) is 2. The second-order valence-electron chi connectivity index (χ2n) is 5.77. The summed E-state index contributed by atoms with van der Waals surface area (Å²) in [4.78, 5) is 0. The van der Waals surface area contributed by atoms with Crippen molar-refractivity contribution < 1.29 is 4.42 Å². The molecular formula is C13H25N3O. The molecule has 1 N–H and O–H groups in total. The summed E-state index contributed by atoms with van der Waals surface area (Å²) in [6.07, 6.45) is 2.76. The maximum absolute atomic E-state index is 5.65. The molecule has 0 amide bonds. The van der Waals surface area contributed by atoms with E-state index in [9.17, 15) is 0 Å². The van der Waals surface area contributed by atoms with Crippen molar-refractivity contribution in [1.29, 1.82) is 0 Å². The first-order valence-electron chi connectivity index (χ1n) is 6.39. The number of hydrogen-bond acceptors (Lipinski definition) is 4. The highest BCUT2D eigenvalue weighted by molar-refractivity contribution is 4.86. The first kappa shape index (κ1) is 14.2. The third-order valence-corrected chi connectivity index (χ3v) is 3.29. The van der Waals surface area contributed by atoms with Crippen LogP contribution in [0.1, 0.15) is 45.9 Å². The number of hydrogen-bond donors (Lipinski definition) is 1. The number of nitrogens with one attached hydrogen (secondary N) is 1. The average Bonchev–Trinajstić information content (AvgIpc) is 2.65. The van der Waals surface area contributed by atoms with Gasteiger partial charge in [-0.25, -0.2) is 0 Å². The molecule has 1 atom stereocenters. The average molecular weight is 239 g/mol. The summed E-state index contributed by atoms with van der Waals surface area (Å²) in [6.45, 7) is 9.92. The van der Waals surface area contributed by atoms with Gasteiger partial charge in [-0.3, -0.25) is 0 Å². The predicted octanol–water partition coefficient (Wildman–Crippen LogP) is 2.45. The van der Waals surface area contributed by atoms with Crippen LogP contribution in [0.4, 0.5) is 0 Å². The Labute approximate surface area is 104 Å². The van der Waals surface area contributed by atoms with Crippen LogP contribution in [0.2, 0.25) is 0 Å². The molecule has 0 radical (unpaired) electrons. The highest BCUT2D eigenvalue weighted by atomic mass is 16.4. The summed E-state index contributed by atoms with van der Waals surface area (Å²) < 4.78 is 5.65. The summed E-state index contributed by atoms with van der Waals surface area (Å²) >= 11 is 0. The first-order valence-corrected chi connectivity index (χ1v) is 6.39. The van der Waals surface area contributed by atoms with Gasteiger partial charge in [0.05, 0.1) is 0 Å². The van der Waals surface area contributed by atoms with Crippen LogP contribution in [0, 0.1) is 11.3 Å². The van der Waals surface area contributed by atoms with Gasteiger partial charge in [0.25, 0.3) is 0 Å². The lowest BCUT2D eigenvalue weighted by Gasteiger charge is -2.25. The molecule has 4 nitrogen and oxygen atoms in total. The Morgan fingerprint density at radius 3 is 2.47 bits per heavy atom. The Hall–Kier alpha value is -0.900. The van der Waals surface area contributed by atoms with Gasteiger partial charge >= 0.3 is 0 Å². The van der Waals surface area contributed by atoms with Gasteiger partial charge in [0.1, 0.15) is 0 Å². The summed E-state index contributed by atoms with van der Waals surface area (Å²) in [5.41, 5.74) is 0.279. The molecular weight excluding hydrogens is 214 g/mol. The van der Waals surface area contributed by atoms with E-state index >= 15 is 0 Å². The van der Waals surface area contributed by atoms with Gasteiger partial charge in [-0.05, 0) is 31.3 Å². The third-order valence-electron chi connectivity index (χ3n) is 3.29. The maximum Gasteiger partial charge on any atom is 0.216 e. The minimum atomic E-state index is 0.279. The van der Waals surface area contributed by atoms with E-state index in [-0.39, 0.29) is 5.41 Å². The number of rotatable bonds is 6. The van der Waals surface area contributed by atoms with Crippen LogP contribution in [0.3, 0.4) is 0 Å². The van der Waals surface area contributed by atoms with Crippen molar-refractivity contribution in [2.24, 2.45) is 11.3 Å². The summed E-state index contributed by atoms with van der Waals surface area (Å²) in [5, 5.41) is 11.3. The molecule has 1 unspecified atom stereocenters. The van der Waals surface area contributed by atoms with Crippen molar-refractivity contribution in [3.63, 3.8) is 0 Å². The molecule has 0 saturated carbocycles. The van der Waals surface area contributed by atoms with Crippen LogP contribution in [0.5, 0.6) is 0 Å². The third kappa shape index (κ3) is 4.86. The molecule has 0 aliphatic carbocycles. The number of aromatic nitrogens is 2. The molecule has 1 aromatic rings. The van der Waals surface area contributed by atoms with E-state index < -0.39 is 0 Å². The molecule has 4 heteroatoms. The Balaban J connectivity index is 2.45. The van der Waals surface area contributed by atoms with E-state index in [1.807, 2.05) is 7.05 Å². The molecule has 1 aromatic heterocycles. The van der Waals surface area contributed by atoms with Crippen LogP contribution >= 0.6 is 0 Å². The molecule has 0 bridgehead atoms. The van der Waals surface area contributed by atoms with E-state index in [2.05, 4.69) is 43.2 Å². The van der Waals surface area contributed by atoms with Crippen LogP contribution in [0.25, 0.3) is 0 Å². The monoisotopic (exact) mass is 239 g/mol. The first-order chi connectivity index (χ1) is 7.93. The quantitative estimate of drug-likeness (QED) is 0.775. The Bertz CT molecular complexity index is 328. The highest BCUT2D eigenvalue weighted by Gasteiger charge is 2.22. The lowest BCUT2D eigenvalue weighted by atomic mass is 9.80. The van der Waals surface area contributed by atoms with Crippen molar-refractivity contribution >= 4 is 0 Å². The fraction of sp³-hybridized carbons (Fsp3) is 0.846. The molecule has 1 heterocycles. The van der Waals surface area contributed by atoms with Crippen molar-refractivity contribution in [1.82, 2.24) is 15.5 Å². The van der Waals surface area contributed by atoms with Crippen molar-refractivity contribution in [2.45, 2.75) is 47.0 Å². The van der Waals surface area contributed by atoms with Gasteiger partial charge in [0.15, 0.2) is 0 Å². The summed E-state index contributed by atoms with van der Waals surface area (Å²) in [5.74, 6) is 2.07. The smallest absolute Gasteiger partial charge is 0.216 e. The maximum atomic E-state index is 5.65. The van der Waals surface area contributed by atoms with E-state index in [1.54, 1.807) is 0 Å². The van der Waals surface area contributed by atoms with Crippen LogP contribution in [-0.2, 0) is 12.8 Å². The minimum Gasteiger partial charge on any atom is -0.425 e. The molecule has 1 rings (SSSR count). The van der Waals surface area contributed by atoms with E-state index in [0.29, 0.717) is 5.92 Å². The highest BCUT2D eigenvalue weighted by Crippen LogP contribution is 2.28. The van der Waals surface area contributed by atoms with Gasteiger partial charge in [0.2, 0.25) is 11.8 Å². The van der Waals surface area contributed by atoms with Crippen LogP contribution in [0.15, 0.2) is 4.42 Å². The van der Waals surface area contributed by atoms with Gasteiger partial charge < -0.3 is 9.73 Å². The minimum absolute atomic E-state index is 0.279. The van der Waals surface area contributed by atoms with Crippen molar-refractivity contribution in [3.8, 4) is 0 Å². The van der Waals surface area contributed by atoms with Gasteiger partial charge in [-0.2, -0.15) is 0 Å². The number of aryl methyl sites for hydroxylation is 1. The summed E-state index contributed by atoms with van der Waals surface area (Å²) in [7, 11) is 1.95. The molecule has 0 fully saturated rings.